The van der Waals surface area contributed by atoms with E-state index in [2.05, 4.69) is 17.3 Å². The molecule has 1 atom stereocenters. The molecule has 1 unspecified atom stereocenters. The van der Waals surface area contributed by atoms with Crippen LogP contribution in [0.25, 0.3) is 0 Å². The second kappa shape index (κ2) is 7.81. The molecule has 1 aromatic carbocycles. The second-order valence-electron chi connectivity index (χ2n) is 6.22. The highest BCUT2D eigenvalue weighted by Crippen LogP contribution is 2.29. The zero-order valence-corrected chi connectivity index (χ0v) is 15.3. The van der Waals surface area contributed by atoms with Crippen LogP contribution in [0.2, 0.25) is 0 Å². The summed E-state index contributed by atoms with van der Waals surface area (Å²) >= 11 is 0. The molecule has 2 heterocycles. The fraction of sp³-hybridized carbons (Fsp3) is 0.471. The largest absolute Gasteiger partial charge is 0.313 e. The molecule has 1 saturated heterocycles. The molecule has 1 aliphatic rings. The Hall–Kier alpha value is -1.84. The van der Waals surface area contributed by atoms with Crippen LogP contribution in [0, 0.1) is 0 Å². The highest BCUT2D eigenvalue weighted by Gasteiger charge is 2.35. The van der Waals surface area contributed by atoms with Gasteiger partial charge in [-0.05, 0) is 17.5 Å². The van der Waals surface area contributed by atoms with Crippen LogP contribution in [0.1, 0.15) is 24.1 Å². The van der Waals surface area contributed by atoms with Gasteiger partial charge in [0, 0.05) is 25.8 Å². The van der Waals surface area contributed by atoms with E-state index in [-0.39, 0.29) is 10.9 Å². The number of halogens is 2. The van der Waals surface area contributed by atoms with E-state index in [4.69, 9.17) is 0 Å². The summed E-state index contributed by atoms with van der Waals surface area (Å²) in [5.74, 6) is 0. The number of nitrogens with one attached hydrogen (secondary N) is 1. The van der Waals surface area contributed by atoms with E-state index in [1.807, 2.05) is 24.3 Å². The van der Waals surface area contributed by atoms with E-state index in [9.17, 15) is 17.2 Å². The summed E-state index contributed by atoms with van der Waals surface area (Å²) in [5.41, 5.74) is 2.08. The lowest BCUT2D eigenvalue weighted by molar-refractivity contribution is 0.121. The number of aryl methyl sites for hydroxylation is 1. The van der Waals surface area contributed by atoms with Crippen molar-refractivity contribution in [3.8, 4) is 0 Å². The Kier molecular flexibility index (Phi) is 5.69. The molecule has 2 aromatic rings. The van der Waals surface area contributed by atoms with Gasteiger partial charge in [0.1, 0.15) is 11.4 Å². The molecule has 1 aliphatic heterocycles. The first-order valence-corrected chi connectivity index (χ1v) is 9.98. The molecule has 0 amide bonds. The molecule has 0 bridgehead atoms. The van der Waals surface area contributed by atoms with Gasteiger partial charge in [0.15, 0.2) is 0 Å². The third-order valence-corrected chi connectivity index (χ3v) is 6.37. The van der Waals surface area contributed by atoms with E-state index in [0.717, 1.165) is 22.9 Å². The van der Waals surface area contributed by atoms with Crippen LogP contribution in [0.3, 0.4) is 0 Å². The number of alkyl halides is 2. The summed E-state index contributed by atoms with van der Waals surface area (Å²) in [6.07, 6.45) is 0.626. The Labute approximate surface area is 151 Å². The van der Waals surface area contributed by atoms with E-state index in [1.165, 1.54) is 16.1 Å². The third-order valence-electron chi connectivity index (χ3n) is 4.51. The summed E-state index contributed by atoms with van der Waals surface area (Å²) in [6.45, 7) is 2.77. The van der Waals surface area contributed by atoms with Gasteiger partial charge in [-0.25, -0.2) is 17.2 Å². The molecule has 26 heavy (non-hydrogen) atoms. The number of sulfonamides is 1. The molecule has 1 fully saturated rings. The van der Waals surface area contributed by atoms with Gasteiger partial charge in [-0.3, -0.25) is 4.68 Å². The molecule has 6 nitrogen and oxygen atoms in total. The highest BCUT2D eigenvalue weighted by atomic mass is 32.2. The van der Waals surface area contributed by atoms with Crippen molar-refractivity contribution in [2.75, 3.05) is 19.6 Å². The molecule has 1 N–H and O–H groups in total. The average Bonchev–Trinajstić information content (AvgIpc) is 3.10. The number of hydrogen-bond donors (Lipinski definition) is 1. The summed E-state index contributed by atoms with van der Waals surface area (Å²) in [7, 11) is -3.82. The smallest absolute Gasteiger partial charge is 0.257 e. The fourth-order valence-electron chi connectivity index (χ4n) is 3.09. The van der Waals surface area contributed by atoms with Gasteiger partial charge in [-0.2, -0.15) is 9.40 Å². The van der Waals surface area contributed by atoms with Gasteiger partial charge in [-0.1, -0.05) is 31.2 Å². The average molecular weight is 384 g/mol. The molecule has 0 radical (unpaired) electrons. The number of hydrogen-bond acceptors (Lipinski definition) is 4. The number of aromatic nitrogens is 2. The molecule has 142 valence electrons. The first-order chi connectivity index (χ1) is 12.4. The monoisotopic (exact) mass is 384 g/mol. The summed E-state index contributed by atoms with van der Waals surface area (Å²) in [4.78, 5) is -0.0600. The molecular weight excluding hydrogens is 362 g/mol. The van der Waals surface area contributed by atoms with Gasteiger partial charge in [0.2, 0.25) is 10.0 Å². The Morgan fingerprint density at radius 2 is 2.04 bits per heavy atom. The van der Waals surface area contributed by atoms with E-state index < -0.39 is 23.0 Å². The maximum absolute atomic E-state index is 13.1. The lowest BCUT2D eigenvalue weighted by Crippen LogP contribution is -2.48. The minimum Gasteiger partial charge on any atom is -0.313 e. The van der Waals surface area contributed by atoms with Crippen LogP contribution in [0.4, 0.5) is 8.78 Å². The second-order valence-corrected chi connectivity index (χ2v) is 8.11. The Balaban J connectivity index is 1.89. The fourth-order valence-corrected chi connectivity index (χ4v) is 4.66. The molecule has 1 aromatic heterocycles. The van der Waals surface area contributed by atoms with Crippen molar-refractivity contribution in [2.24, 2.45) is 0 Å². The lowest BCUT2D eigenvalue weighted by Gasteiger charge is -2.35. The third kappa shape index (κ3) is 3.94. The maximum atomic E-state index is 13.1. The van der Waals surface area contributed by atoms with E-state index in [1.54, 1.807) is 0 Å². The van der Waals surface area contributed by atoms with Crippen molar-refractivity contribution < 1.29 is 17.2 Å². The predicted octanol–water partition coefficient (Wildman–Crippen LogP) is 2.05. The standard InChI is InChI=1S/C17H22F2N4O2S/c1-2-13-3-5-14(6-4-13)16-10-20-7-8-23(16)26(24,25)15-9-21-22(11-15)12-17(18)19/h3-6,9,11,16-17,20H,2,7-8,10,12H2,1H3. The van der Waals surface area contributed by atoms with Gasteiger partial charge >= 0.3 is 0 Å². The highest BCUT2D eigenvalue weighted by molar-refractivity contribution is 7.89. The quantitative estimate of drug-likeness (QED) is 0.828. The normalized spacial score (nSPS) is 19.2. The van der Waals surface area contributed by atoms with Gasteiger partial charge in [-0.15, -0.1) is 0 Å². The Morgan fingerprint density at radius 3 is 2.69 bits per heavy atom. The van der Waals surface area contributed by atoms with Crippen molar-refractivity contribution >= 4 is 10.0 Å². The molecule has 9 heteroatoms. The molecule has 0 spiro atoms. The minimum atomic E-state index is -3.82. The van der Waals surface area contributed by atoms with Crippen molar-refractivity contribution in [3.63, 3.8) is 0 Å². The minimum absolute atomic E-state index is 0.0600. The van der Waals surface area contributed by atoms with Gasteiger partial charge in [0.25, 0.3) is 6.43 Å². The van der Waals surface area contributed by atoms with Crippen molar-refractivity contribution in [1.82, 2.24) is 19.4 Å². The van der Waals surface area contributed by atoms with Crippen LogP contribution in [0.15, 0.2) is 41.6 Å². The first-order valence-electron chi connectivity index (χ1n) is 8.54. The summed E-state index contributed by atoms with van der Waals surface area (Å²) < 4.78 is 53.5. The zero-order chi connectivity index (χ0) is 18.7. The molecule has 0 saturated carbocycles. The molecule has 3 rings (SSSR count). The van der Waals surface area contributed by atoms with Crippen molar-refractivity contribution in [1.29, 1.82) is 0 Å². The van der Waals surface area contributed by atoms with Crippen LogP contribution >= 0.6 is 0 Å². The summed E-state index contributed by atoms with van der Waals surface area (Å²) in [6, 6.07) is 7.53. The van der Waals surface area contributed by atoms with Gasteiger partial charge < -0.3 is 5.32 Å². The van der Waals surface area contributed by atoms with Crippen LogP contribution in [-0.4, -0.2) is 48.6 Å². The number of rotatable bonds is 6. The molecule has 0 aliphatic carbocycles. The Bertz CT molecular complexity index is 837. The summed E-state index contributed by atoms with van der Waals surface area (Å²) in [5, 5.41) is 6.97. The van der Waals surface area contributed by atoms with Gasteiger partial charge in [0.05, 0.1) is 12.2 Å². The van der Waals surface area contributed by atoms with E-state index in [0.29, 0.717) is 19.6 Å². The zero-order valence-electron chi connectivity index (χ0n) is 14.5. The Morgan fingerprint density at radius 1 is 1.31 bits per heavy atom. The topological polar surface area (TPSA) is 67.2 Å². The van der Waals surface area contributed by atoms with Crippen LogP contribution in [0.5, 0.6) is 0 Å². The lowest BCUT2D eigenvalue weighted by atomic mass is 10.0. The molecular formula is C17H22F2N4O2S. The van der Waals surface area contributed by atoms with Crippen LogP contribution < -0.4 is 5.32 Å². The van der Waals surface area contributed by atoms with Crippen LogP contribution in [-0.2, 0) is 23.0 Å². The first kappa shape index (κ1) is 18.9. The predicted molar refractivity (Wildman–Crippen MR) is 93.6 cm³/mol. The maximum Gasteiger partial charge on any atom is 0.257 e. The van der Waals surface area contributed by atoms with Crippen molar-refractivity contribution in [2.45, 2.75) is 37.3 Å². The number of piperazine rings is 1. The van der Waals surface area contributed by atoms with Crippen molar-refractivity contribution in [3.05, 3.63) is 47.8 Å². The number of benzene rings is 1. The SMILES string of the molecule is CCc1ccc(C2CNCCN2S(=O)(=O)c2cnn(CC(F)F)c2)cc1. The van der Waals surface area contributed by atoms with E-state index >= 15 is 0 Å². The number of nitrogens with zero attached hydrogens (tertiary/aromatic N) is 3.